The van der Waals surface area contributed by atoms with Gasteiger partial charge >= 0.3 is 5.97 Å². The van der Waals surface area contributed by atoms with Crippen LogP contribution < -0.4 is 0 Å². The lowest BCUT2D eigenvalue weighted by molar-refractivity contribution is -0.138. The van der Waals surface area contributed by atoms with Crippen molar-refractivity contribution in [2.45, 2.75) is 32.6 Å². The van der Waals surface area contributed by atoms with E-state index < -0.39 is 0 Å². The number of rotatable bonds is 4. The van der Waals surface area contributed by atoms with E-state index in [1.165, 1.54) is 13.0 Å². The molecule has 0 fully saturated rings. The molecule has 0 spiro atoms. The second kappa shape index (κ2) is 6.17. The van der Waals surface area contributed by atoms with Crippen molar-refractivity contribution in [3.63, 3.8) is 0 Å². The van der Waals surface area contributed by atoms with Gasteiger partial charge in [0, 0.05) is 6.08 Å². The van der Waals surface area contributed by atoms with Crippen molar-refractivity contribution < 1.29 is 14.3 Å². The van der Waals surface area contributed by atoms with Crippen molar-refractivity contribution in [1.29, 1.82) is 0 Å². The molecule has 0 amide bonds. The highest BCUT2D eigenvalue weighted by Gasteiger charge is 2.13. The first-order valence-electron chi connectivity index (χ1n) is 5.22. The van der Waals surface area contributed by atoms with Gasteiger partial charge < -0.3 is 4.74 Å². The van der Waals surface area contributed by atoms with E-state index in [1.807, 2.05) is 0 Å². The van der Waals surface area contributed by atoms with Crippen molar-refractivity contribution in [3.05, 3.63) is 24.5 Å². The minimum absolute atomic E-state index is 0.125. The summed E-state index contributed by atoms with van der Waals surface area (Å²) in [5.41, 5.74) is 0. The molecule has 1 unspecified atom stereocenters. The summed E-state index contributed by atoms with van der Waals surface area (Å²) in [7, 11) is 0. The molecule has 3 heteroatoms. The van der Waals surface area contributed by atoms with Crippen LogP contribution in [-0.2, 0) is 14.3 Å². The van der Waals surface area contributed by atoms with E-state index >= 15 is 0 Å². The summed E-state index contributed by atoms with van der Waals surface area (Å²) in [6.45, 7) is 1.41. The summed E-state index contributed by atoms with van der Waals surface area (Å²) in [5.74, 6) is -0.0959. The number of esters is 1. The number of hydrogen-bond acceptors (Lipinski definition) is 3. The van der Waals surface area contributed by atoms with Gasteiger partial charge in [0.15, 0.2) is 5.78 Å². The van der Waals surface area contributed by atoms with E-state index in [0.29, 0.717) is 12.3 Å². The van der Waals surface area contributed by atoms with Crippen molar-refractivity contribution in [2.24, 2.45) is 5.92 Å². The molecular weight excluding hydrogens is 192 g/mol. The topological polar surface area (TPSA) is 43.4 Å². The molecular formula is C12H16O3. The second-order valence-corrected chi connectivity index (χ2v) is 3.73. The summed E-state index contributed by atoms with van der Waals surface area (Å²) in [5, 5.41) is 0. The Morgan fingerprint density at radius 1 is 1.53 bits per heavy atom. The van der Waals surface area contributed by atoms with E-state index in [2.05, 4.69) is 12.2 Å². The Balaban J connectivity index is 2.26. The first kappa shape index (κ1) is 11.7. The molecule has 0 radical (unpaired) electrons. The second-order valence-electron chi connectivity index (χ2n) is 3.73. The third-order valence-electron chi connectivity index (χ3n) is 2.29. The third-order valence-corrected chi connectivity index (χ3v) is 2.29. The molecule has 3 nitrogen and oxygen atoms in total. The maximum Gasteiger partial charge on any atom is 0.311 e. The zero-order valence-corrected chi connectivity index (χ0v) is 8.94. The number of ketones is 1. The van der Waals surface area contributed by atoms with Gasteiger partial charge in [0.1, 0.15) is 0 Å². The van der Waals surface area contributed by atoms with Gasteiger partial charge in [-0.05, 0) is 32.1 Å². The summed E-state index contributed by atoms with van der Waals surface area (Å²) >= 11 is 0. The van der Waals surface area contributed by atoms with E-state index in [0.717, 1.165) is 25.5 Å². The zero-order valence-electron chi connectivity index (χ0n) is 8.94. The van der Waals surface area contributed by atoms with Gasteiger partial charge in [-0.15, -0.1) is 0 Å². The number of ether oxygens (including phenoxy) is 1. The molecule has 1 aliphatic carbocycles. The fourth-order valence-corrected chi connectivity index (χ4v) is 1.52. The van der Waals surface area contributed by atoms with Gasteiger partial charge in [-0.1, -0.05) is 12.2 Å². The molecule has 0 aromatic heterocycles. The van der Waals surface area contributed by atoms with Gasteiger partial charge in [-0.2, -0.15) is 0 Å². The third kappa shape index (κ3) is 5.15. The number of allylic oxidation sites excluding steroid dienone is 3. The molecule has 0 saturated carbocycles. The van der Waals surface area contributed by atoms with Gasteiger partial charge in [0.05, 0.1) is 12.7 Å². The molecule has 15 heavy (non-hydrogen) atoms. The Bertz CT molecular complexity index is 289. The normalized spacial score (nSPS) is 20.5. The van der Waals surface area contributed by atoms with Crippen LogP contribution in [0.2, 0.25) is 0 Å². The van der Waals surface area contributed by atoms with Crippen LogP contribution in [-0.4, -0.2) is 11.8 Å². The Labute approximate surface area is 89.8 Å². The molecule has 1 atom stereocenters. The monoisotopic (exact) mass is 208 g/mol. The number of carbonyl (C=O) groups excluding carboxylic acids is 2. The summed E-state index contributed by atoms with van der Waals surface area (Å²) < 4.78 is 4.78. The molecule has 0 aromatic carbocycles. The molecule has 1 aliphatic rings. The van der Waals surface area contributed by atoms with Crippen LogP contribution in [0, 0.1) is 5.92 Å². The quantitative estimate of drug-likeness (QED) is 0.308. The number of carbonyl (C=O) groups is 2. The maximum atomic E-state index is 11.3. The standard InChI is InChI=1S/C12H16O3/c1-10(13)7-8-15-12(14)9-11-5-3-2-4-6-11/h3,5,7-8,11H,2,4,6,9H2,1H3. The minimum Gasteiger partial charge on any atom is -0.434 e. The molecule has 0 heterocycles. The van der Waals surface area contributed by atoms with Crippen molar-refractivity contribution >= 4 is 11.8 Å². The smallest absolute Gasteiger partial charge is 0.311 e. The lowest BCUT2D eigenvalue weighted by Gasteiger charge is -2.14. The molecule has 0 saturated heterocycles. The molecule has 0 N–H and O–H groups in total. The molecule has 0 bridgehead atoms. The highest BCUT2D eigenvalue weighted by atomic mass is 16.5. The number of hydrogen-bond donors (Lipinski definition) is 0. The van der Waals surface area contributed by atoms with Crippen LogP contribution >= 0.6 is 0 Å². The Morgan fingerprint density at radius 3 is 2.93 bits per heavy atom. The summed E-state index contributed by atoms with van der Waals surface area (Å²) in [6, 6.07) is 0. The molecule has 0 aromatic rings. The van der Waals surface area contributed by atoms with E-state index in [-0.39, 0.29) is 11.8 Å². The highest BCUT2D eigenvalue weighted by Crippen LogP contribution is 2.20. The SMILES string of the molecule is CC(=O)C=COC(=O)CC1C=CCCC1. The van der Waals surface area contributed by atoms with E-state index in [9.17, 15) is 9.59 Å². The highest BCUT2D eigenvalue weighted by molar-refractivity contribution is 5.87. The minimum atomic E-state index is -0.274. The first-order valence-corrected chi connectivity index (χ1v) is 5.22. The van der Waals surface area contributed by atoms with Crippen LogP contribution in [0.25, 0.3) is 0 Å². The molecule has 0 aliphatic heterocycles. The van der Waals surface area contributed by atoms with Gasteiger partial charge in [0.2, 0.25) is 0 Å². The first-order chi connectivity index (χ1) is 7.18. The van der Waals surface area contributed by atoms with Crippen LogP contribution in [0.15, 0.2) is 24.5 Å². The average Bonchev–Trinajstić information content (AvgIpc) is 2.18. The fourth-order valence-electron chi connectivity index (χ4n) is 1.52. The predicted octanol–water partition coefficient (Wildman–Crippen LogP) is 2.38. The van der Waals surface area contributed by atoms with Gasteiger partial charge in [0.25, 0.3) is 0 Å². The van der Waals surface area contributed by atoms with Crippen LogP contribution in [0.3, 0.4) is 0 Å². The van der Waals surface area contributed by atoms with Crippen LogP contribution in [0.5, 0.6) is 0 Å². The van der Waals surface area contributed by atoms with Crippen LogP contribution in [0.4, 0.5) is 0 Å². The predicted molar refractivity (Wildman–Crippen MR) is 57.0 cm³/mol. The molecule has 82 valence electrons. The lowest BCUT2D eigenvalue weighted by atomic mass is 9.93. The van der Waals surface area contributed by atoms with Gasteiger partial charge in [-0.25, -0.2) is 0 Å². The van der Waals surface area contributed by atoms with Gasteiger partial charge in [-0.3, -0.25) is 9.59 Å². The summed E-state index contributed by atoms with van der Waals surface area (Å²) in [6.07, 6.45) is 10.3. The van der Waals surface area contributed by atoms with Crippen molar-refractivity contribution in [2.75, 3.05) is 0 Å². The lowest BCUT2D eigenvalue weighted by Crippen LogP contribution is -2.09. The fraction of sp³-hybridized carbons (Fsp3) is 0.500. The average molecular weight is 208 g/mol. The summed E-state index contributed by atoms with van der Waals surface area (Å²) in [4.78, 5) is 21.8. The van der Waals surface area contributed by atoms with Crippen LogP contribution in [0.1, 0.15) is 32.6 Å². The molecule has 1 rings (SSSR count). The van der Waals surface area contributed by atoms with Crippen molar-refractivity contribution in [3.8, 4) is 0 Å². The van der Waals surface area contributed by atoms with Crippen molar-refractivity contribution in [1.82, 2.24) is 0 Å². The Morgan fingerprint density at radius 2 is 2.33 bits per heavy atom. The largest absolute Gasteiger partial charge is 0.434 e. The zero-order chi connectivity index (χ0) is 11.1. The Hall–Kier alpha value is -1.38. The Kier molecular flexibility index (Phi) is 4.81. The maximum absolute atomic E-state index is 11.3. The van der Waals surface area contributed by atoms with E-state index in [4.69, 9.17) is 4.74 Å². The van der Waals surface area contributed by atoms with E-state index in [1.54, 1.807) is 0 Å².